The maximum Gasteiger partial charge on any atom is 0.291 e. The Hall–Kier alpha value is -3.13. The minimum atomic E-state index is -0.445. The first-order valence-electron chi connectivity index (χ1n) is 7.61. The van der Waals surface area contributed by atoms with E-state index in [9.17, 15) is 4.79 Å². The van der Waals surface area contributed by atoms with E-state index in [0.29, 0.717) is 39.2 Å². The summed E-state index contributed by atoms with van der Waals surface area (Å²) in [6, 6.07) is 11.0. The van der Waals surface area contributed by atoms with Gasteiger partial charge in [0.2, 0.25) is 4.96 Å². The Morgan fingerprint density at radius 1 is 1.20 bits per heavy atom. The van der Waals surface area contributed by atoms with Gasteiger partial charge in [0, 0.05) is 6.08 Å². The Morgan fingerprint density at radius 2 is 2.08 bits per heavy atom. The summed E-state index contributed by atoms with van der Waals surface area (Å²) in [7, 11) is 0. The third kappa shape index (κ3) is 2.38. The number of furan rings is 1. The van der Waals surface area contributed by atoms with Gasteiger partial charge in [-0.25, -0.2) is 0 Å². The Kier molecular flexibility index (Phi) is 3.10. The van der Waals surface area contributed by atoms with Crippen molar-refractivity contribution in [2.75, 3.05) is 6.61 Å². The van der Waals surface area contributed by atoms with Crippen molar-refractivity contribution in [3.05, 3.63) is 69.1 Å². The number of hydrogen-bond acceptors (Lipinski definition) is 7. The summed E-state index contributed by atoms with van der Waals surface area (Å²) in [6.07, 6.45) is 2.79. The normalized spacial score (nSPS) is 17.3. The van der Waals surface area contributed by atoms with Crippen LogP contribution in [0.3, 0.4) is 0 Å². The van der Waals surface area contributed by atoms with Crippen LogP contribution in [0.25, 0.3) is 11.0 Å². The third-order valence-corrected chi connectivity index (χ3v) is 4.77. The molecule has 1 aromatic carbocycles. The molecule has 0 spiro atoms. The van der Waals surface area contributed by atoms with Crippen LogP contribution in [-0.2, 0) is 0 Å². The second kappa shape index (κ2) is 5.45. The number of ether oxygens (including phenoxy) is 2. The van der Waals surface area contributed by atoms with Crippen molar-refractivity contribution in [3.8, 4) is 11.5 Å². The SMILES string of the molecule is O=c1c(=Cc2ccco2)sc2nc(C3COc4ccccc4O3)nn12. The Labute approximate surface area is 144 Å². The fraction of sp³-hybridized carbons (Fsp3) is 0.118. The molecule has 1 unspecified atom stereocenters. The molecule has 0 radical (unpaired) electrons. The summed E-state index contributed by atoms with van der Waals surface area (Å²) in [5.41, 5.74) is -0.229. The number of aromatic nitrogens is 3. The molecule has 0 fully saturated rings. The number of nitrogens with zero attached hydrogens (tertiary/aromatic N) is 3. The van der Waals surface area contributed by atoms with Gasteiger partial charge in [-0.15, -0.1) is 5.10 Å². The number of rotatable bonds is 2. The molecule has 7 nitrogen and oxygen atoms in total. The van der Waals surface area contributed by atoms with E-state index in [1.165, 1.54) is 15.9 Å². The molecule has 1 aliphatic rings. The van der Waals surface area contributed by atoms with E-state index in [4.69, 9.17) is 13.9 Å². The van der Waals surface area contributed by atoms with Crippen molar-refractivity contribution in [2.45, 2.75) is 6.10 Å². The molecule has 25 heavy (non-hydrogen) atoms. The maximum absolute atomic E-state index is 12.5. The topological polar surface area (TPSA) is 78.9 Å². The average molecular weight is 353 g/mol. The highest BCUT2D eigenvalue weighted by Gasteiger charge is 2.27. The molecular weight excluding hydrogens is 342 g/mol. The van der Waals surface area contributed by atoms with E-state index in [1.54, 1.807) is 24.5 Å². The van der Waals surface area contributed by atoms with Crippen molar-refractivity contribution in [3.63, 3.8) is 0 Å². The maximum atomic E-state index is 12.5. The molecular formula is C17H11N3O4S. The smallest absolute Gasteiger partial charge is 0.291 e. The molecule has 0 saturated carbocycles. The highest BCUT2D eigenvalue weighted by Crippen LogP contribution is 2.35. The molecule has 8 heteroatoms. The Morgan fingerprint density at radius 3 is 2.88 bits per heavy atom. The lowest BCUT2D eigenvalue weighted by Crippen LogP contribution is -2.26. The molecule has 4 heterocycles. The molecule has 0 bridgehead atoms. The zero-order valence-corrected chi connectivity index (χ0v) is 13.6. The molecule has 0 N–H and O–H groups in total. The molecule has 3 aromatic heterocycles. The van der Waals surface area contributed by atoms with Gasteiger partial charge < -0.3 is 13.9 Å². The first-order valence-corrected chi connectivity index (χ1v) is 8.43. The summed E-state index contributed by atoms with van der Waals surface area (Å²) < 4.78 is 18.6. The van der Waals surface area contributed by atoms with Crippen LogP contribution in [0.5, 0.6) is 11.5 Å². The molecule has 1 atom stereocenters. The van der Waals surface area contributed by atoms with Gasteiger partial charge in [-0.1, -0.05) is 23.5 Å². The van der Waals surface area contributed by atoms with Gasteiger partial charge in [-0.2, -0.15) is 9.50 Å². The van der Waals surface area contributed by atoms with Crippen LogP contribution in [0, 0.1) is 0 Å². The van der Waals surface area contributed by atoms with Crippen LogP contribution in [0.1, 0.15) is 17.7 Å². The first-order chi connectivity index (χ1) is 12.3. The number of fused-ring (bicyclic) bond motifs is 2. The highest BCUT2D eigenvalue weighted by molar-refractivity contribution is 7.15. The lowest BCUT2D eigenvalue weighted by molar-refractivity contribution is 0.0852. The summed E-state index contributed by atoms with van der Waals surface area (Å²) in [5.74, 6) is 2.38. The number of thiazole rings is 1. The van der Waals surface area contributed by atoms with Crippen LogP contribution >= 0.6 is 11.3 Å². The summed E-state index contributed by atoms with van der Waals surface area (Å²) in [4.78, 5) is 17.4. The van der Waals surface area contributed by atoms with Gasteiger partial charge in [0.05, 0.1) is 6.26 Å². The minimum absolute atomic E-state index is 0.229. The van der Waals surface area contributed by atoms with Crippen LogP contribution in [0.15, 0.2) is 51.9 Å². The van der Waals surface area contributed by atoms with Gasteiger partial charge in [-0.3, -0.25) is 4.79 Å². The van der Waals surface area contributed by atoms with Crippen molar-refractivity contribution < 1.29 is 13.9 Å². The standard InChI is InChI=1S/C17H11N3O4S/c21-16-14(8-10-4-3-7-22-10)25-17-18-15(19-20(16)17)13-9-23-11-5-1-2-6-12(11)24-13/h1-8,13H,9H2. The zero-order chi connectivity index (χ0) is 16.8. The van der Waals surface area contributed by atoms with Crippen molar-refractivity contribution in [2.24, 2.45) is 0 Å². The van der Waals surface area contributed by atoms with E-state index < -0.39 is 6.10 Å². The van der Waals surface area contributed by atoms with Gasteiger partial charge in [-0.05, 0) is 24.3 Å². The molecule has 0 saturated heterocycles. The van der Waals surface area contributed by atoms with E-state index in [-0.39, 0.29) is 5.56 Å². The summed E-state index contributed by atoms with van der Waals surface area (Å²) in [5, 5.41) is 4.31. The minimum Gasteiger partial charge on any atom is -0.485 e. The predicted octanol–water partition coefficient (Wildman–Crippen LogP) is 1.80. The second-order valence-electron chi connectivity index (χ2n) is 5.46. The lowest BCUT2D eigenvalue weighted by atomic mass is 10.2. The first kappa shape index (κ1) is 14.2. The van der Waals surface area contributed by atoms with Gasteiger partial charge in [0.25, 0.3) is 5.56 Å². The second-order valence-corrected chi connectivity index (χ2v) is 6.47. The summed E-state index contributed by atoms with van der Waals surface area (Å²) in [6.45, 7) is 0.300. The summed E-state index contributed by atoms with van der Waals surface area (Å²) >= 11 is 1.26. The van der Waals surface area contributed by atoms with Crippen molar-refractivity contribution >= 4 is 22.4 Å². The molecule has 124 valence electrons. The number of benzene rings is 1. The fourth-order valence-corrected chi connectivity index (χ4v) is 3.53. The van der Waals surface area contributed by atoms with E-state index in [2.05, 4.69) is 10.1 Å². The lowest BCUT2D eigenvalue weighted by Gasteiger charge is -2.24. The molecule has 5 rings (SSSR count). The molecule has 1 aliphatic heterocycles. The van der Waals surface area contributed by atoms with Crippen LogP contribution in [0.2, 0.25) is 0 Å². The van der Waals surface area contributed by atoms with Crippen molar-refractivity contribution in [1.82, 2.24) is 14.6 Å². The predicted molar refractivity (Wildman–Crippen MR) is 89.9 cm³/mol. The third-order valence-electron chi connectivity index (χ3n) is 3.81. The van der Waals surface area contributed by atoms with Crippen molar-refractivity contribution in [1.29, 1.82) is 0 Å². The van der Waals surface area contributed by atoms with E-state index in [1.807, 2.05) is 24.3 Å². The van der Waals surface area contributed by atoms with Gasteiger partial charge >= 0.3 is 0 Å². The Balaban J connectivity index is 1.51. The van der Waals surface area contributed by atoms with Gasteiger partial charge in [0.15, 0.2) is 23.4 Å². The van der Waals surface area contributed by atoms with Crippen LogP contribution in [-0.4, -0.2) is 21.2 Å². The Bertz CT molecular complexity index is 1160. The number of para-hydroxylation sites is 2. The molecule has 0 amide bonds. The number of hydrogen-bond donors (Lipinski definition) is 0. The molecule has 0 aliphatic carbocycles. The van der Waals surface area contributed by atoms with Crippen LogP contribution in [0.4, 0.5) is 0 Å². The highest BCUT2D eigenvalue weighted by atomic mass is 32.1. The van der Waals surface area contributed by atoms with E-state index in [0.717, 1.165) is 0 Å². The molecule has 4 aromatic rings. The monoisotopic (exact) mass is 353 g/mol. The van der Waals surface area contributed by atoms with Gasteiger partial charge in [0.1, 0.15) is 16.9 Å². The average Bonchev–Trinajstić information content (AvgIpc) is 3.35. The quantitative estimate of drug-likeness (QED) is 0.547. The van der Waals surface area contributed by atoms with E-state index >= 15 is 0 Å². The largest absolute Gasteiger partial charge is 0.485 e. The fourth-order valence-electron chi connectivity index (χ4n) is 2.63. The van der Waals surface area contributed by atoms with Crippen LogP contribution < -0.4 is 19.6 Å². The zero-order valence-electron chi connectivity index (χ0n) is 12.8.